The van der Waals surface area contributed by atoms with Gasteiger partial charge in [0.25, 0.3) is 0 Å². The van der Waals surface area contributed by atoms with Crippen molar-refractivity contribution in [2.75, 3.05) is 14.2 Å². The molecule has 1 unspecified atom stereocenters. The first-order valence-electron chi connectivity index (χ1n) is 6.19. The minimum atomic E-state index is 0.0788. The van der Waals surface area contributed by atoms with Crippen LogP contribution >= 0.6 is 31.9 Å². The van der Waals surface area contributed by atoms with Crippen molar-refractivity contribution in [3.8, 4) is 11.5 Å². The normalized spacial score (nSPS) is 12.1. The Balaban J connectivity index is 2.41. The smallest absolute Gasteiger partial charge is 0.127 e. The molecule has 20 heavy (non-hydrogen) atoms. The second kappa shape index (κ2) is 6.64. The summed E-state index contributed by atoms with van der Waals surface area (Å²) in [5.74, 6) is 1.60. The fourth-order valence-corrected chi connectivity index (χ4v) is 2.94. The van der Waals surface area contributed by atoms with Crippen molar-refractivity contribution in [1.29, 1.82) is 0 Å². The first kappa shape index (κ1) is 15.4. The molecule has 0 bridgehead atoms. The minimum absolute atomic E-state index is 0.0788. The third kappa shape index (κ3) is 3.18. The van der Waals surface area contributed by atoms with Gasteiger partial charge in [-0.25, -0.2) is 0 Å². The van der Waals surface area contributed by atoms with Crippen LogP contribution in [0.25, 0.3) is 0 Å². The maximum atomic E-state index is 5.47. The fourth-order valence-electron chi connectivity index (χ4n) is 2.03. The zero-order valence-electron chi connectivity index (χ0n) is 11.6. The van der Waals surface area contributed by atoms with Crippen molar-refractivity contribution in [3.05, 3.63) is 57.6 Å². The van der Waals surface area contributed by atoms with Gasteiger partial charge >= 0.3 is 0 Å². The molecule has 2 rings (SSSR count). The molecule has 2 aromatic rings. The molecule has 0 saturated carbocycles. The topological polar surface area (TPSA) is 18.5 Å². The van der Waals surface area contributed by atoms with Gasteiger partial charge < -0.3 is 9.47 Å². The number of alkyl halides is 1. The molecular formula is C16H16Br2O2. The van der Waals surface area contributed by atoms with Crippen LogP contribution in [0.3, 0.4) is 0 Å². The summed E-state index contributed by atoms with van der Waals surface area (Å²) in [4.78, 5) is 0.0788. The number of benzene rings is 2. The third-order valence-electron chi connectivity index (χ3n) is 3.19. The summed E-state index contributed by atoms with van der Waals surface area (Å²) in [5.41, 5.74) is 3.48. The van der Waals surface area contributed by atoms with Gasteiger partial charge in [-0.15, -0.1) is 0 Å². The highest BCUT2D eigenvalue weighted by atomic mass is 79.9. The third-order valence-corrected chi connectivity index (χ3v) is 5.10. The van der Waals surface area contributed by atoms with Gasteiger partial charge in [-0.3, -0.25) is 0 Å². The van der Waals surface area contributed by atoms with Crippen molar-refractivity contribution in [2.24, 2.45) is 0 Å². The Morgan fingerprint density at radius 3 is 2.35 bits per heavy atom. The molecule has 4 heteroatoms. The van der Waals surface area contributed by atoms with Gasteiger partial charge in [0.2, 0.25) is 0 Å². The van der Waals surface area contributed by atoms with Gasteiger partial charge in [0.15, 0.2) is 0 Å². The van der Waals surface area contributed by atoms with Crippen LogP contribution in [-0.4, -0.2) is 14.2 Å². The van der Waals surface area contributed by atoms with Crippen LogP contribution in [0.4, 0.5) is 0 Å². The average molecular weight is 400 g/mol. The second-order valence-corrected chi connectivity index (χ2v) is 6.25. The van der Waals surface area contributed by atoms with Gasteiger partial charge in [-0.2, -0.15) is 0 Å². The molecule has 1 atom stereocenters. The monoisotopic (exact) mass is 398 g/mol. The van der Waals surface area contributed by atoms with E-state index in [1.54, 1.807) is 14.2 Å². The van der Waals surface area contributed by atoms with Crippen LogP contribution in [0.5, 0.6) is 11.5 Å². The maximum absolute atomic E-state index is 5.47. The minimum Gasteiger partial charge on any atom is -0.497 e. The molecule has 0 aliphatic rings. The SMILES string of the molecule is COc1ccc(C(Br)c2ccc(Br)c(C)c2)c(OC)c1. The number of methoxy groups -OCH3 is 2. The number of aryl methyl sites for hydroxylation is 1. The Labute approximate surface area is 136 Å². The maximum Gasteiger partial charge on any atom is 0.127 e. The van der Waals surface area contributed by atoms with E-state index in [1.807, 2.05) is 18.2 Å². The molecule has 0 N–H and O–H groups in total. The van der Waals surface area contributed by atoms with Crippen LogP contribution in [0.2, 0.25) is 0 Å². The molecular weight excluding hydrogens is 384 g/mol. The lowest BCUT2D eigenvalue weighted by Gasteiger charge is -2.16. The molecule has 0 aliphatic carbocycles. The Morgan fingerprint density at radius 2 is 1.75 bits per heavy atom. The van der Waals surface area contributed by atoms with E-state index in [0.29, 0.717) is 0 Å². The Bertz CT molecular complexity index is 611. The Morgan fingerprint density at radius 1 is 1.00 bits per heavy atom. The van der Waals surface area contributed by atoms with E-state index in [-0.39, 0.29) is 4.83 Å². The van der Waals surface area contributed by atoms with Crippen LogP contribution in [-0.2, 0) is 0 Å². The van der Waals surface area contributed by atoms with E-state index in [2.05, 4.69) is 57.0 Å². The van der Waals surface area contributed by atoms with Crippen LogP contribution < -0.4 is 9.47 Å². The molecule has 0 radical (unpaired) electrons. The van der Waals surface area contributed by atoms with Gasteiger partial charge in [0.05, 0.1) is 19.0 Å². The average Bonchev–Trinajstić information content (AvgIpc) is 2.48. The van der Waals surface area contributed by atoms with Crippen LogP contribution in [0.15, 0.2) is 40.9 Å². The van der Waals surface area contributed by atoms with Crippen molar-refractivity contribution >= 4 is 31.9 Å². The lowest BCUT2D eigenvalue weighted by atomic mass is 10.0. The first-order valence-corrected chi connectivity index (χ1v) is 7.89. The highest BCUT2D eigenvalue weighted by molar-refractivity contribution is 9.10. The lowest BCUT2D eigenvalue weighted by molar-refractivity contribution is 0.391. The molecule has 0 heterocycles. The van der Waals surface area contributed by atoms with Gasteiger partial charge in [0.1, 0.15) is 11.5 Å². The predicted molar refractivity (Wildman–Crippen MR) is 89.2 cm³/mol. The summed E-state index contributed by atoms with van der Waals surface area (Å²) in [7, 11) is 3.32. The molecule has 0 aromatic heterocycles. The van der Waals surface area contributed by atoms with Gasteiger partial charge in [-0.05, 0) is 30.2 Å². The molecule has 0 aliphatic heterocycles. The molecule has 0 amide bonds. The van der Waals surface area contributed by atoms with E-state index in [0.717, 1.165) is 21.5 Å². The predicted octanol–water partition coefficient (Wildman–Crippen LogP) is 5.26. The number of hydrogen-bond donors (Lipinski definition) is 0. The molecule has 2 nitrogen and oxygen atoms in total. The van der Waals surface area contributed by atoms with Gasteiger partial charge in [-0.1, -0.05) is 50.1 Å². The summed E-state index contributed by atoms with van der Waals surface area (Å²) < 4.78 is 11.8. The summed E-state index contributed by atoms with van der Waals surface area (Å²) in [6, 6.07) is 12.2. The second-order valence-electron chi connectivity index (χ2n) is 4.48. The summed E-state index contributed by atoms with van der Waals surface area (Å²) in [6.45, 7) is 2.08. The number of ether oxygens (including phenoxy) is 2. The molecule has 0 spiro atoms. The van der Waals surface area contributed by atoms with Crippen molar-refractivity contribution < 1.29 is 9.47 Å². The van der Waals surface area contributed by atoms with E-state index < -0.39 is 0 Å². The number of halogens is 2. The number of rotatable bonds is 4. The first-order chi connectivity index (χ1) is 9.56. The quantitative estimate of drug-likeness (QED) is 0.653. The molecule has 0 fully saturated rings. The zero-order valence-corrected chi connectivity index (χ0v) is 14.8. The van der Waals surface area contributed by atoms with E-state index in [1.165, 1.54) is 11.1 Å². The summed E-state index contributed by atoms with van der Waals surface area (Å²) in [5, 5.41) is 0. The molecule has 106 valence electrons. The zero-order chi connectivity index (χ0) is 14.7. The van der Waals surface area contributed by atoms with Crippen molar-refractivity contribution in [2.45, 2.75) is 11.8 Å². The van der Waals surface area contributed by atoms with Crippen molar-refractivity contribution in [1.82, 2.24) is 0 Å². The van der Waals surface area contributed by atoms with E-state index in [9.17, 15) is 0 Å². The highest BCUT2D eigenvalue weighted by Gasteiger charge is 2.16. The van der Waals surface area contributed by atoms with E-state index >= 15 is 0 Å². The summed E-state index contributed by atoms with van der Waals surface area (Å²) >= 11 is 7.28. The fraction of sp³-hybridized carbons (Fsp3) is 0.250. The number of hydrogen-bond acceptors (Lipinski definition) is 2. The van der Waals surface area contributed by atoms with Crippen LogP contribution in [0.1, 0.15) is 21.5 Å². The standard InChI is InChI=1S/C16H16Br2O2/c1-10-8-11(4-7-14(10)17)16(18)13-6-5-12(19-2)9-15(13)20-3/h4-9,16H,1-3H3. The summed E-state index contributed by atoms with van der Waals surface area (Å²) in [6.07, 6.45) is 0. The molecule has 0 saturated heterocycles. The molecule has 2 aromatic carbocycles. The van der Waals surface area contributed by atoms with E-state index in [4.69, 9.17) is 9.47 Å². The largest absolute Gasteiger partial charge is 0.497 e. The lowest BCUT2D eigenvalue weighted by Crippen LogP contribution is -1.98. The highest BCUT2D eigenvalue weighted by Crippen LogP contribution is 2.39. The van der Waals surface area contributed by atoms with Crippen molar-refractivity contribution in [3.63, 3.8) is 0 Å². The van der Waals surface area contributed by atoms with Gasteiger partial charge in [0, 0.05) is 16.1 Å². The Kier molecular flexibility index (Phi) is 5.11. The van der Waals surface area contributed by atoms with Crippen LogP contribution in [0, 0.1) is 6.92 Å². The Hall–Kier alpha value is -1.00.